The number of hydrogen-bond donors (Lipinski definition) is 1. The highest BCUT2D eigenvalue weighted by molar-refractivity contribution is 9.10. The Bertz CT molecular complexity index is 671. The Morgan fingerprint density at radius 2 is 2.27 bits per heavy atom. The van der Waals surface area contributed by atoms with Gasteiger partial charge in [-0.15, -0.1) is 11.3 Å². The van der Waals surface area contributed by atoms with Crippen molar-refractivity contribution >= 4 is 33.2 Å². The van der Waals surface area contributed by atoms with Gasteiger partial charge in [0.25, 0.3) is 0 Å². The summed E-state index contributed by atoms with van der Waals surface area (Å²) >= 11 is 5.06. The van der Waals surface area contributed by atoms with E-state index in [0.29, 0.717) is 13.1 Å². The average Bonchev–Trinajstić information content (AvgIpc) is 2.88. The summed E-state index contributed by atoms with van der Waals surface area (Å²) in [5, 5.41) is 6.33. The van der Waals surface area contributed by atoms with E-state index in [1.165, 1.54) is 12.1 Å². The fourth-order valence-electron chi connectivity index (χ4n) is 2.04. The number of aliphatic imine (C=N–C) groups is 1. The van der Waals surface area contributed by atoms with Crippen molar-refractivity contribution < 1.29 is 4.39 Å². The van der Waals surface area contributed by atoms with Crippen LogP contribution in [0.1, 0.15) is 16.3 Å². The maximum atomic E-state index is 13.3. The fraction of sp³-hybridized carbons (Fsp3) is 0.333. The van der Waals surface area contributed by atoms with Crippen molar-refractivity contribution in [2.75, 3.05) is 14.1 Å². The lowest BCUT2D eigenvalue weighted by molar-refractivity contribution is 0.470. The molecule has 0 bridgehead atoms. The zero-order valence-corrected chi connectivity index (χ0v) is 15.1. The van der Waals surface area contributed by atoms with Crippen LogP contribution in [0, 0.1) is 12.7 Å². The molecule has 0 aliphatic rings. The predicted molar refractivity (Wildman–Crippen MR) is 92.6 cm³/mol. The molecule has 4 nitrogen and oxygen atoms in total. The quantitative estimate of drug-likeness (QED) is 0.646. The van der Waals surface area contributed by atoms with Crippen molar-refractivity contribution in [3.05, 3.63) is 50.1 Å². The summed E-state index contributed by atoms with van der Waals surface area (Å²) in [5.41, 5.74) is 1.86. The van der Waals surface area contributed by atoms with Crippen LogP contribution in [0.3, 0.4) is 0 Å². The number of guanidine groups is 1. The molecule has 0 saturated heterocycles. The molecule has 2 aromatic rings. The van der Waals surface area contributed by atoms with Gasteiger partial charge in [-0.05, 0) is 30.7 Å². The Balaban J connectivity index is 1.98. The van der Waals surface area contributed by atoms with Crippen molar-refractivity contribution in [1.29, 1.82) is 0 Å². The third kappa shape index (κ3) is 4.51. The Hall–Kier alpha value is -1.47. The molecule has 0 fully saturated rings. The lowest BCUT2D eigenvalue weighted by Gasteiger charge is -2.21. The molecule has 0 saturated carbocycles. The van der Waals surface area contributed by atoms with E-state index in [-0.39, 0.29) is 5.82 Å². The van der Waals surface area contributed by atoms with Crippen LogP contribution in [0.4, 0.5) is 4.39 Å². The number of halogens is 2. The molecule has 1 aromatic carbocycles. The number of hydrogen-bond acceptors (Lipinski definition) is 3. The van der Waals surface area contributed by atoms with Crippen molar-refractivity contribution in [1.82, 2.24) is 15.2 Å². The maximum Gasteiger partial charge on any atom is 0.194 e. The zero-order chi connectivity index (χ0) is 16.1. The molecule has 0 aliphatic carbocycles. The number of nitrogens with one attached hydrogen (secondary N) is 1. The Labute approximate surface area is 142 Å². The SMILES string of the molecule is CN=C(NCc1cc(F)ccc1Br)N(C)Cc1csc(C)n1. The number of thiazole rings is 1. The van der Waals surface area contributed by atoms with Gasteiger partial charge in [-0.3, -0.25) is 4.99 Å². The first-order valence-electron chi connectivity index (χ1n) is 6.76. The van der Waals surface area contributed by atoms with Crippen LogP contribution in [0.25, 0.3) is 0 Å². The van der Waals surface area contributed by atoms with E-state index in [9.17, 15) is 4.39 Å². The summed E-state index contributed by atoms with van der Waals surface area (Å²) in [7, 11) is 3.68. The minimum atomic E-state index is -0.249. The van der Waals surface area contributed by atoms with E-state index in [2.05, 4.69) is 31.2 Å². The molecule has 22 heavy (non-hydrogen) atoms. The van der Waals surface area contributed by atoms with Gasteiger partial charge in [0, 0.05) is 30.5 Å². The molecule has 118 valence electrons. The van der Waals surface area contributed by atoms with E-state index >= 15 is 0 Å². The molecular weight excluding hydrogens is 367 g/mol. The van der Waals surface area contributed by atoms with Gasteiger partial charge < -0.3 is 10.2 Å². The van der Waals surface area contributed by atoms with Gasteiger partial charge in [0.05, 0.1) is 17.2 Å². The molecule has 2 rings (SSSR count). The van der Waals surface area contributed by atoms with Crippen molar-refractivity contribution in [3.63, 3.8) is 0 Å². The molecule has 0 atom stereocenters. The number of aromatic nitrogens is 1. The Morgan fingerprint density at radius 3 is 2.91 bits per heavy atom. The third-order valence-electron chi connectivity index (χ3n) is 3.08. The molecule has 0 spiro atoms. The lowest BCUT2D eigenvalue weighted by Crippen LogP contribution is -2.38. The molecule has 7 heteroatoms. The average molecular weight is 385 g/mol. The number of aryl methyl sites for hydroxylation is 1. The van der Waals surface area contributed by atoms with E-state index in [1.807, 2.05) is 24.3 Å². The second-order valence-corrected chi connectivity index (χ2v) is 6.77. The highest BCUT2D eigenvalue weighted by Crippen LogP contribution is 2.17. The van der Waals surface area contributed by atoms with Gasteiger partial charge in [0.1, 0.15) is 5.82 Å². The largest absolute Gasteiger partial charge is 0.352 e. The third-order valence-corrected chi connectivity index (χ3v) is 4.68. The van der Waals surface area contributed by atoms with E-state index in [0.717, 1.165) is 26.7 Å². The molecule has 1 heterocycles. The summed E-state index contributed by atoms with van der Waals surface area (Å²) in [4.78, 5) is 10.7. The van der Waals surface area contributed by atoms with Crippen molar-refractivity contribution in [2.45, 2.75) is 20.0 Å². The number of benzene rings is 1. The smallest absolute Gasteiger partial charge is 0.194 e. The van der Waals surface area contributed by atoms with Crippen LogP contribution in [0.2, 0.25) is 0 Å². The normalized spacial score (nSPS) is 11.6. The molecule has 0 radical (unpaired) electrons. The first-order chi connectivity index (χ1) is 10.5. The molecule has 0 unspecified atom stereocenters. The monoisotopic (exact) mass is 384 g/mol. The molecule has 1 aromatic heterocycles. The van der Waals surface area contributed by atoms with Crippen LogP contribution in [0.5, 0.6) is 0 Å². The maximum absolute atomic E-state index is 13.3. The van der Waals surface area contributed by atoms with E-state index in [1.54, 1.807) is 24.5 Å². The van der Waals surface area contributed by atoms with Gasteiger partial charge in [-0.2, -0.15) is 0 Å². The second kappa shape index (κ2) is 7.69. The second-order valence-electron chi connectivity index (χ2n) is 4.85. The Kier molecular flexibility index (Phi) is 5.90. The van der Waals surface area contributed by atoms with Gasteiger partial charge in [0.2, 0.25) is 0 Å². The molecule has 0 aliphatic heterocycles. The van der Waals surface area contributed by atoms with Crippen LogP contribution in [-0.2, 0) is 13.1 Å². The van der Waals surface area contributed by atoms with Crippen molar-refractivity contribution in [3.8, 4) is 0 Å². The molecular formula is C15H18BrFN4S. The van der Waals surface area contributed by atoms with Gasteiger partial charge in [-0.1, -0.05) is 15.9 Å². The van der Waals surface area contributed by atoms with Crippen LogP contribution >= 0.6 is 27.3 Å². The van der Waals surface area contributed by atoms with E-state index < -0.39 is 0 Å². The predicted octanol–water partition coefficient (Wildman–Crippen LogP) is 3.56. The van der Waals surface area contributed by atoms with Gasteiger partial charge >= 0.3 is 0 Å². The van der Waals surface area contributed by atoms with Crippen LogP contribution in [0.15, 0.2) is 33.0 Å². The van der Waals surface area contributed by atoms with Gasteiger partial charge in [0.15, 0.2) is 5.96 Å². The minimum Gasteiger partial charge on any atom is -0.352 e. The van der Waals surface area contributed by atoms with Crippen molar-refractivity contribution in [2.24, 2.45) is 4.99 Å². The number of nitrogens with zero attached hydrogens (tertiary/aromatic N) is 3. The zero-order valence-electron chi connectivity index (χ0n) is 12.7. The number of rotatable bonds is 4. The lowest BCUT2D eigenvalue weighted by atomic mass is 10.2. The molecule has 1 N–H and O–H groups in total. The minimum absolute atomic E-state index is 0.249. The van der Waals surface area contributed by atoms with Crippen LogP contribution < -0.4 is 5.32 Å². The summed E-state index contributed by atoms with van der Waals surface area (Å²) in [6.07, 6.45) is 0. The van der Waals surface area contributed by atoms with Gasteiger partial charge in [-0.25, -0.2) is 9.37 Å². The topological polar surface area (TPSA) is 40.5 Å². The molecule has 0 amide bonds. The first kappa shape index (κ1) is 16.9. The highest BCUT2D eigenvalue weighted by atomic mass is 79.9. The van der Waals surface area contributed by atoms with Crippen LogP contribution in [-0.4, -0.2) is 29.9 Å². The Morgan fingerprint density at radius 1 is 1.50 bits per heavy atom. The standard InChI is InChI=1S/C15H18BrFN4S/c1-10-20-13(9-22-10)8-21(3)15(18-2)19-7-11-6-12(17)4-5-14(11)16/h4-6,9H,7-8H2,1-3H3,(H,18,19). The summed E-state index contributed by atoms with van der Waals surface area (Å²) < 4.78 is 14.2. The summed E-state index contributed by atoms with van der Waals surface area (Å²) in [6, 6.07) is 4.64. The van der Waals surface area contributed by atoms with E-state index in [4.69, 9.17) is 0 Å². The summed E-state index contributed by atoms with van der Waals surface area (Å²) in [6.45, 7) is 3.16. The first-order valence-corrected chi connectivity index (χ1v) is 8.43. The highest BCUT2D eigenvalue weighted by Gasteiger charge is 2.09. The summed E-state index contributed by atoms with van der Waals surface area (Å²) in [5.74, 6) is 0.489. The fourth-order valence-corrected chi connectivity index (χ4v) is 3.03.